The molecule has 0 amide bonds. The molecule has 4 rings (SSSR count). The largest absolute Gasteiger partial charge is 0.204 e. The molecule has 0 aromatic heterocycles. The Bertz CT molecular complexity index is 792. The van der Waals surface area contributed by atoms with Gasteiger partial charge in [0, 0.05) is 0 Å². The molecule has 0 nitrogen and oxygen atoms in total. The van der Waals surface area contributed by atoms with Crippen LogP contribution < -0.4 is 0 Å². The Labute approximate surface area is 178 Å². The summed E-state index contributed by atoms with van der Waals surface area (Å²) in [7, 11) is 0. The van der Waals surface area contributed by atoms with Crippen molar-refractivity contribution >= 4 is 0 Å². The van der Waals surface area contributed by atoms with Gasteiger partial charge in [-0.1, -0.05) is 50.1 Å². The van der Waals surface area contributed by atoms with E-state index in [1.165, 1.54) is 49.8 Å². The van der Waals surface area contributed by atoms with Gasteiger partial charge in [-0.2, -0.15) is 0 Å². The van der Waals surface area contributed by atoms with Crippen LogP contribution in [-0.2, 0) is 0 Å². The van der Waals surface area contributed by atoms with Crippen molar-refractivity contribution < 1.29 is 13.2 Å². The van der Waals surface area contributed by atoms with Gasteiger partial charge in [0.1, 0.15) is 0 Å². The summed E-state index contributed by atoms with van der Waals surface area (Å²) in [4.78, 5) is 0. The molecule has 0 unspecified atom stereocenters. The number of halogens is 3. The first kappa shape index (κ1) is 21.5. The molecule has 2 saturated carbocycles. The van der Waals surface area contributed by atoms with E-state index >= 15 is 0 Å². The van der Waals surface area contributed by atoms with Crippen molar-refractivity contribution in [1.82, 2.24) is 0 Å². The maximum absolute atomic E-state index is 13.6. The topological polar surface area (TPSA) is 0 Å². The Balaban J connectivity index is 1.25. The maximum atomic E-state index is 13.6. The molecule has 162 valence electrons. The van der Waals surface area contributed by atoms with E-state index in [4.69, 9.17) is 0 Å². The third kappa shape index (κ3) is 4.92. The number of benzene rings is 2. The molecule has 0 N–H and O–H groups in total. The standard InChI is InChI=1S/C27H33F3/c1-18(20-5-3-2-4-6-20)15-19-7-9-21(10-8-19)22-11-13-23(14-12-22)24-16-25(28)27(30)26(29)17-24/h2-6,16-19,21-23H,7-15H2,1H3/t18-,19?,21?,22?,23?/m0/s1. The Morgan fingerprint density at radius 3 is 1.87 bits per heavy atom. The average molecular weight is 415 g/mol. The lowest BCUT2D eigenvalue weighted by atomic mass is 9.67. The van der Waals surface area contributed by atoms with Crippen molar-refractivity contribution in [2.24, 2.45) is 17.8 Å². The quantitative estimate of drug-likeness (QED) is 0.431. The zero-order valence-corrected chi connectivity index (χ0v) is 17.9. The molecule has 2 aliphatic rings. The molecule has 0 aliphatic heterocycles. The van der Waals surface area contributed by atoms with Gasteiger partial charge < -0.3 is 0 Å². The lowest BCUT2D eigenvalue weighted by molar-refractivity contribution is 0.154. The van der Waals surface area contributed by atoms with Gasteiger partial charge in [-0.3, -0.25) is 0 Å². The summed E-state index contributed by atoms with van der Waals surface area (Å²) in [6, 6.07) is 13.2. The smallest absolute Gasteiger partial charge is 0.194 e. The van der Waals surface area contributed by atoms with Gasteiger partial charge in [0.15, 0.2) is 17.5 Å². The van der Waals surface area contributed by atoms with Crippen molar-refractivity contribution in [3.63, 3.8) is 0 Å². The Morgan fingerprint density at radius 1 is 0.767 bits per heavy atom. The van der Waals surface area contributed by atoms with Crippen LogP contribution in [-0.4, -0.2) is 0 Å². The molecule has 2 aromatic carbocycles. The molecule has 2 aromatic rings. The Kier molecular flexibility index (Phi) is 6.85. The molecule has 0 radical (unpaired) electrons. The number of hydrogen-bond acceptors (Lipinski definition) is 0. The number of hydrogen-bond donors (Lipinski definition) is 0. The minimum Gasteiger partial charge on any atom is -0.204 e. The van der Waals surface area contributed by atoms with Crippen LogP contribution in [0.15, 0.2) is 42.5 Å². The second-order valence-corrected chi connectivity index (χ2v) is 9.74. The Morgan fingerprint density at radius 2 is 1.30 bits per heavy atom. The van der Waals surface area contributed by atoms with Crippen LogP contribution in [0.1, 0.15) is 87.7 Å². The number of rotatable bonds is 5. The highest BCUT2D eigenvalue weighted by atomic mass is 19.2. The van der Waals surface area contributed by atoms with E-state index in [1.807, 2.05) is 0 Å². The molecule has 2 fully saturated rings. The molecule has 0 saturated heterocycles. The minimum absolute atomic E-state index is 0.161. The first-order chi connectivity index (χ1) is 14.5. The monoisotopic (exact) mass is 414 g/mol. The summed E-state index contributed by atoms with van der Waals surface area (Å²) in [6.07, 6.45) is 10.8. The van der Waals surface area contributed by atoms with E-state index in [-0.39, 0.29) is 5.92 Å². The normalized spacial score (nSPS) is 28.3. The van der Waals surface area contributed by atoms with Gasteiger partial charge in [0.25, 0.3) is 0 Å². The average Bonchev–Trinajstić information content (AvgIpc) is 2.78. The molecule has 3 heteroatoms. The van der Waals surface area contributed by atoms with Crippen LogP contribution in [0.4, 0.5) is 13.2 Å². The maximum Gasteiger partial charge on any atom is 0.194 e. The van der Waals surface area contributed by atoms with E-state index in [1.54, 1.807) is 0 Å². The fraction of sp³-hybridized carbons (Fsp3) is 0.556. The van der Waals surface area contributed by atoms with Crippen molar-refractivity contribution in [3.05, 3.63) is 71.0 Å². The highest BCUT2D eigenvalue weighted by Crippen LogP contribution is 2.45. The fourth-order valence-corrected chi connectivity index (χ4v) is 6.05. The third-order valence-electron chi connectivity index (χ3n) is 7.86. The summed E-state index contributed by atoms with van der Waals surface area (Å²) in [5, 5.41) is 0. The van der Waals surface area contributed by atoms with Gasteiger partial charge in [-0.25, -0.2) is 13.2 Å². The van der Waals surface area contributed by atoms with Gasteiger partial charge in [-0.05, 0) is 97.8 Å². The van der Waals surface area contributed by atoms with Gasteiger partial charge in [0.2, 0.25) is 0 Å². The van der Waals surface area contributed by atoms with Crippen molar-refractivity contribution in [2.45, 2.75) is 76.5 Å². The van der Waals surface area contributed by atoms with Crippen molar-refractivity contribution in [1.29, 1.82) is 0 Å². The van der Waals surface area contributed by atoms with Gasteiger partial charge in [0.05, 0.1) is 0 Å². The zero-order chi connectivity index (χ0) is 21.1. The summed E-state index contributed by atoms with van der Waals surface area (Å²) in [6.45, 7) is 2.35. The van der Waals surface area contributed by atoms with E-state index in [0.717, 1.165) is 43.4 Å². The van der Waals surface area contributed by atoms with Gasteiger partial charge in [-0.15, -0.1) is 0 Å². The summed E-state index contributed by atoms with van der Waals surface area (Å²) in [5.74, 6) is -0.317. The predicted octanol–water partition coefficient (Wildman–Crippen LogP) is 8.38. The van der Waals surface area contributed by atoms with Crippen LogP contribution >= 0.6 is 0 Å². The zero-order valence-electron chi connectivity index (χ0n) is 17.9. The summed E-state index contributed by atoms with van der Waals surface area (Å²) < 4.78 is 40.4. The molecule has 1 atom stereocenters. The molecule has 0 spiro atoms. The van der Waals surface area contributed by atoms with Crippen LogP contribution in [0.3, 0.4) is 0 Å². The lowest BCUT2D eigenvalue weighted by Crippen LogP contribution is -2.26. The van der Waals surface area contributed by atoms with Crippen LogP contribution in [0.2, 0.25) is 0 Å². The fourth-order valence-electron chi connectivity index (χ4n) is 6.05. The highest BCUT2D eigenvalue weighted by Gasteiger charge is 2.32. The molecular formula is C27H33F3. The summed E-state index contributed by atoms with van der Waals surface area (Å²) >= 11 is 0. The molecule has 0 bridgehead atoms. The van der Waals surface area contributed by atoms with E-state index < -0.39 is 17.5 Å². The summed E-state index contributed by atoms with van der Waals surface area (Å²) in [5.41, 5.74) is 2.08. The van der Waals surface area contributed by atoms with Crippen molar-refractivity contribution in [2.75, 3.05) is 0 Å². The van der Waals surface area contributed by atoms with Crippen LogP contribution in [0.5, 0.6) is 0 Å². The SMILES string of the molecule is C[C@@H](CC1CCC(C2CCC(c3cc(F)c(F)c(F)c3)CC2)CC1)c1ccccc1. The minimum atomic E-state index is -1.36. The first-order valence-electron chi connectivity index (χ1n) is 11.7. The van der Waals surface area contributed by atoms with Crippen molar-refractivity contribution in [3.8, 4) is 0 Å². The van der Waals surface area contributed by atoms with Gasteiger partial charge >= 0.3 is 0 Å². The third-order valence-corrected chi connectivity index (χ3v) is 7.86. The second kappa shape index (κ2) is 9.58. The molecular weight excluding hydrogens is 381 g/mol. The molecule has 0 heterocycles. The van der Waals surface area contributed by atoms with E-state index in [0.29, 0.717) is 11.5 Å². The van der Waals surface area contributed by atoms with E-state index in [9.17, 15) is 13.2 Å². The molecule has 2 aliphatic carbocycles. The highest BCUT2D eigenvalue weighted by molar-refractivity contribution is 5.23. The molecule has 30 heavy (non-hydrogen) atoms. The Hall–Kier alpha value is -1.77. The van der Waals surface area contributed by atoms with Crippen LogP contribution in [0.25, 0.3) is 0 Å². The van der Waals surface area contributed by atoms with Crippen LogP contribution in [0, 0.1) is 35.2 Å². The first-order valence-corrected chi connectivity index (χ1v) is 11.7. The second-order valence-electron chi connectivity index (χ2n) is 9.74. The lowest BCUT2D eigenvalue weighted by Gasteiger charge is -2.38. The van der Waals surface area contributed by atoms with E-state index in [2.05, 4.69) is 37.3 Å². The predicted molar refractivity (Wildman–Crippen MR) is 116 cm³/mol.